The standard InChI is InChI=1S/C18H20N6/c1-2-13-8-6-7-11-15(13)22-17-16(19)18(21-12-20-17)24-23-14-9-4-3-5-10-14/h3-12,23H,2,19H2,1H3,(H2,20,21,22,24). The van der Waals surface area contributed by atoms with E-state index in [1.165, 1.54) is 11.9 Å². The molecule has 6 heteroatoms. The van der Waals surface area contributed by atoms with Crippen LogP contribution in [0.2, 0.25) is 0 Å². The Bertz CT molecular complexity index is 804. The molecule has 3 aromatic rings. The summed E-state index contributed by atoms with van der Waals surface area (Å²) in [4.78, 5) is 8.44. The van der Waals surface area contributed by atoms with Gasteiger partial charge in [0.15, 0.2) is 11.6 Å². The second-order valence-corrected chi connectivity index (χ2v) is 5.24. The van der Waals surface area contributed by atoms with E-state index in [1.807, 2.05) is 48.5 Å². The molecule has 0 unspecified atom stereocenters. The Morgan fingerprint density at radius 2 is 1.58 bits per heavy atom. The summed E-state index contributed by atoms with van der Waals surface area (Å²) < 4.78 is 0. The maximum Gasteiger partial charge on any atom is 0.173 e. The summed E-state index contributed by atoms with van der Waals surface area (Å²) in [5.41, 5.74) is 15.8. The minimum atomic E-state index is 0.451. The fourth-order valence-corrected chi connectivity index (χ4v) is 2.33. The lowest BCUT2D eigenvalue weighted by Gasteiger charge is -2.15. The van der Waals surface area contributed by atoms with Crippen molar-refractivity contribution in [1.82, 2.24) is 9.97 Å². The summed E-state index contributed by atoms with van der Waals surface area (Å²) in [5.74, 6) is 1.09. The van der Waals surface area contributed by atoms with Crippen molar-refractivity contribution in [2.45, 2.75) is 13.3 Å². The number of nitrogens with two attached hydrogens (primary N) is 1. The summed E-state index contributed by atoms with van der Waals surface area (Å²) in [5, 5.41) is 3.29. The number of hydrogen-bond donors (Lipinski definition) is 4. The summed E-state index contributed by atoms with van der Waals surface area (Å²) in [6.45, 7) is 2.11. The molecular formula is C18H20N6. The van der Waals surface area contributed by atoms with Crippen LogP contribution in [0.15, 0.2) is 60.9 Å². The number of aromatic nitrogens is 2. The van der Waals surface area contributed by atoms with E-state index in [9.17, 15) is 0 Å². The van der Waals surface area contributed by atoms with Crippen LogP contribution in [-0.4, -0.2) is 9.97 Å². The first-order chi connectivity index (χ1) is 11.8. The lowest BCUT2D eigenvalue weighted by atomic mass is 10.1. The van der Waals surface area contributed by atoms with Crippen molar-refractivity contribution in [2.75, 3.05) is 21.9 Å². The van der Waals surface area contributed by atoms with Gasteiger partial charge in [0.1, 0.15) is 12.0 Å². The number of nitrogen functional groups attached to an aromatic ring is 1. The molecule has 1 heterocycles. The Kier molecular flexibility index (Phi) is 4.76. The van der Waals surface area contributed by atoms with Gasteiger partial charge in [-0.25, -0.2) is 9.97 Å². The van der Waals surface area contributed by atoms with E-state index in [0.29, 0.717) is 17.3 Å². The number of hydrazine groups is 1. The Balaban J connectivity index is 1.78. The minimum Gasteiger partial charge on any atom is -0.393 e. The first-order valence-corrected chi connectivity index (χ1v) is 7.80. The number of benzene rings is 2. The molecular weight excluding hydrogens is 300 g/mol. The molecule has 5 N–H and O–H groups in total. The monoisotopic (exact) mass is 320 g/mol. The number of hydrogen-bond acceptors (Lipinski definition) is 6. The van der Waals surface area contributed by atoms with Crippen LogP contribution in [0.3, 0.4) is 0 Å². The van der Waals surface area contributed by atoms with Gasteiger partial charge in [0.25, 0.3) is 0 Å². The number of aryl methyl sites for hydroxylation is 1. The quantitative estimate of drug-likeness (QED) is 0.517. The van der Waals surface area contributed by atoms with Crippen molar-refractivity contribution < 1.29 is 0 Å². The Morgan fingerprint density at radius 1 is 0.875 bits per heavy atom. The predicted molar refractivity (Wildman–Crippen MR) is 99.2 cm³/mol. The van der Waals surface area contributed by atoms with E-state index >= 15 is 0 Å². The predicted octanol–water partition coefficient (Wildman–Crippen LogP) is 3.80. The van der Waals surface area contributed by atoms with Crippen molar-refractivity contribution in [1.29, 1.82) is 0 Å². The minimum absolute atomic E-state index is 0.451. The number of anilines is 5. The van der Waals surface area contributed by atoms with Gasteiger partial charge in [-0.2, -0.15) is 0 Å². The molecule has 0 aliphatic rings. The molecule has 0 atom stereocenters. The van der Waals surface area contributed by atoms with Gasteiger partial charge < -0.3 is 11.1 Å². The van der Waals surface area contributed by atoms with Gasteiger partial charge in [0, 0.05) is 5.69 Å². The zero-order valence-corrected chi connectivity index (χ0v) is 13.5. The van der Waals surface area contributed by atoms with E-state index in [-0.39, 0.29) is 0 Å². The van der Waals surface area contributed by atoms with Gasteiger partial charge in [-0.1, -0.05) is 43.3 Å². The zero-order valence-electron chi connectivity index (χ0n) is 13.5. The first kappa shape index (κ1) is 15.6. The van der Waals surface area contributed by atoms with E-state index in [4.69, 9.17) is 5.73 Å². The van der Waals surface area contributed by atoms with Gasteiger partial charge in [-0.05, 0) is 30.2 Å². The average Bonchev–Trinajstić information content (AvgIpc) is 2.64. The van der Waals surface area contributed by atoms with Crippen molar-refractivity contribution in [2.24, 2.45) is 0 Å². The first-order valence-electron chi connectivity index (χ1n) is 7.80. The molecule has 3 rings (SSSR count). The molecule has 0 saturated heterocycles. The summed E-state index contributed by atoms with van der Waals surface area (Å²) in [6.07, 6.45) is 2.40. The van der Waals surface area contributed by atoms with Crippen molar-refractivity contribution in [3.05, 3.63) is 66.5 Å². The van der Waals surface area contributed by atoms with Crippen molar-refractivity contribution >= 4 is 28.7 Å². The lowest BCUT2D eigenvalue weighted by Crippen LogP contribution is -2.13. The molecule has 122 valence electrons. The summed E-state index contributed by atoms with van der Waals surface area (Å²) in [7, 11) is 0. The maximum atomic E-state index is 6.20. The molecule has 2 aromatic carbocycles. The third kappa shape index (κ3) is 3.55. The van der Waals surface area contributed by atoms with Crippen molar-refractivity contribution in [3.8, 4) is 0 Å². The SMILES string of the molecule is CCc1ccccc1Nc1ncnc(NNc2ccccc2)c1N. The van der Waals surface area contributed by atoms with Crippen LogP contribution in [0.4, 0.5) is 28.7 Å². The molecule has 0 saturated carbocycles. The average molecular weight is 320 g/mol. The van der Waals surface area contributed by atoms with Crippen LogP contribution < -0.4 is 21.9 Å². The molecule has 6 nitrogen and oxygen atoms in total. The lowest BCUT2D eigenvalue weighted by molar-refractivity contribution is 1.13. The Labute approximate surface area is 141 Å². The fraction of sp³-hybridized carbons (Fsp3) is 0.111. The van der Waals surface area contributed by atoms with Gasteiger partial charge in [0.2, 0.25) is 0 Å². The van der Waals surface area contributed by atoms with E-state index in [2.05, 4.69) is 39.1 Å². The molecule has 0 bridgehead atoms. The zero-order chi connectivity index (χ0) is 16.8. The van der Waals surface area contributed by atoms with Gasteiger partial charge in [-0.3, -0.25) is 10.9 Å². The largest absolute Gasteiger partial charge is 0.393 e. The second-order valence-electron chi connectivity index (χ2n) is 5.24. The molecule has 0 aliphatic carbocycles. The fourth-order valence-electron chi connectivity index (χ4n) is 2.33. The molecule has 24 heavy (non-hydrogen) atoms. The highest BCUT2D eigenvalue weighted by atomic mass is 15.4. The normalized spacial score (nSPS) is 10.2. The number of para-hydroxylation sites is 2. The highest BCUT2D eigenvalue weighted by Crippen LogP contribution is 2.27. The smallest absolute Gasteiger partial charge is 0.173 e. The molecule has 0 aliphatic heterocycles. The van der Waals surface area contributed by atoms with E-state index in [1.54, 1.807) is 0 Å². The highest BCUT2D eigenvalue weighted by Gasteiger charge is 2.09. The highest BCUT2D eigenvalue weighted by molar-refractivity contribution is 5.78. The van der Waals surface area contributed by atoms with Crippen LogP contribution in [0.25, 0.3) is 0 Å². The van der Waals surface area contributed by atoms with Crippen LogP contribution in [-0.2, 0) is 6.42 Å². The third-order valence-electron chi connectivity index (χ3n) is 3.63. The molecule has 0 fully saturated rings. The number of nitrogens with zero attached hydrogens (tertiary/aromatic N) is 2. The number of nitrogens with one attached hydrogen (secondary N) is 3. The van der Waals surface area contributed by atoms with Gasteiger partial charge >= 0.3 is 0 Å². The van der Waals surface area contributed by atoms with Crippen LogP contribution in [0.1, 0.15) is 12.5 Å². The molecule has 0 radical (unpaired) electrons. The van der Waals surface area contributed by atoms with E-state index in [0.717, 1.165) is 17.8 Å². The van der Waals surface area contributed by atoms with Gasteiger partial charge in [0.05, 0.1) is 5.69 Å². The second kappa shape index (κ2) is 7.32. The summed E-state index contributed by atoms with van der Waals surface area (Å²) >= 11 is 0. The van der Waals surface area contributed by atoms with E-state index < -0.39 is 0 Å². The third-order valence-corrected chi connectivity index (χ3v) is 3.63. The Hall–Kier alpha value is -3.28. The van der Waals surface area contributed by atoms with Crippen LogP contribution >= 0.6 is 0 Å². The van der Waals surface area contributed by atoms with Crippen LogP contribution in [0, 0.1) is 0 Å². The topological polar surface area (TPSA) is 87.9 Å². The molecule has 0 amide bonds. The summed E-state index contributed by atoms with van der Waals surface area (Å²) in [6, 6.07) is 17.8. The maximum absolute atomic E-state index is 6.20. The van der Waals surface area contributed by atoms with Crippen molar-refractivity contribution in [3.63, 3.8) is 0 Å². The Morgan fingerprint density at radius 3 is 2.38 bits per heavy atom. The van der Waals surface area contributed by atoms with Gasteiger partial charge in [-0.15, -0.1) is 0 Å². The molecule has 1 aromatic heterocycles. The van der Waals surface area contributed by atoms with Crippen LogP contribution in [0.5, 0.6) is 0 Å². The molecule has 0 spiro atoms. The number of rotatable bonds is 6.